The number of nitrogens with one attached hydrogen (secondary N) is 1. The first-order chi connectivity index (χ1) is 11.8. The fourth-order valence-corrected chi connectivity index (χ4v) is 3.23. The molecular weight excluding hydrogens is 320 g/mol. The van der Waals surface area contributed by atoms with Gasteiger partial charge in [0.1, 0.15) is 4.88 Å². The van der Waals surface area contributed by atoms with Gasteiger partial charge in [0.2, 0.25) is 0 Å². The summed E-state index contributed by atoms with van der Waals surface area (Å²) in [5.74, 6) is -0.314. The maximum absolute atomic E-state index is 11.5. The smallest absolute Gasteiger partial charge is 0.348 e. The highest BCUT2D eigenvalue weighted by Gasteiger charge is 2.10. The predicted molar refractivity (Wildman–Crippen MR) is 97.5 cm³/mol. The van der Waals surface area contributed by atoms with Crippen LogP contribution in [0.15, 0.2) is 60.8 Å². The van der Waals surface area contributed by atoms with Gasteiger partial charge in [-0.05, 0) is 36.2 Å². The van der Waals surface area contributed by atoms with Crippen LogP contribution in [-0.2, 0) is 11.2 Å². The average Bonchev–Trinajstić information content (AvgIpc) is 3.13. The van der Waals surface area contributed by atoms with Gasteiger partial charge < -0.3 is 10.1 Å². The van der Waals surface area contributed by atoms with Crippen LogP contribution in [-0.4, -0.2) is 24.6 Å². The number of pyridine rings is 1. The van der Waals surface area contributed by atoms with Gasteiger partial charge in [-0.25, -0.2) is 4.79 Å². The summed E-state index contributed by atoms with van der Waals surface area (Å²) < 4.78 is 4.73. The van der Waals surface area contributed by atoms with Crippen molar-refractivity contribution in [2.24, 2.45) is 0 Å². The lowest BCUT2D eigenvalue weighted by atomic mass is 10.1. The van der Waals surface area contributed by atoms with Gasteiger partial charge in [0.05, 0.1) is 29.6 Å². The number of anilines is 1. The number of hydrogen-bond donors (Lipinski definition) is 1. The fourth-order valence-electron chi connectivity index (χ4n) is 2.33. The third-order valence-electron chi connectivity index (χ3n) is 3.59. The first kappa shape index (κ1) is 16.2. The van der Waals surface area contributed by atoms with Crippen LogP contribution >= 0.6 is 11.3 Å². The first-order valence-corrected chi connectivity index (χ1v) is 8.50. The molecule has 0 aliphatic carbocycles. The lowest BCUT2D eigenvalue weighted by Crippen LogP contribution is -2.04. The van der Waals surface area contributed by atoms with E-state index >= 15 is 0 Å². The number of methoxy groups -OCH3 is 1. The molecular formula is C19H18N2O2S. The Labute approximate surface area is 145 Å². The van der Waals surface area contributed by atoms with Crippen molar-refractivity contribution in [1.82, 2.24) is 4.98 Å². The maximum atomic E-state index is 11.5. The van der Waals surface area contributed by atoms with E-state index < -0.39 is 0 Å². The summed E-state index contributed by atoms with van der Waals surface area (Å²) >= 11 is 1.38. The highest BCUT2D eigenvalue weighted by molar-refractivity contribution is 7.17. The molecule has 0 aliphatic rings. The van der Waals surface area contributed by atoms with Crippen molar-refractivity contribution in [3.8, 4) is 10.6 Å². The van der Waals surface area contributed by atoms with E-state index in [0.717, 1.165) is 29.2 Å². The number of thiophene rings is 1. The molecule has 0 saturated carbocycles. The molecule has 0 unspecified atom stereocenters. The Balaban J connectivity index is 1.59. The van der Waals surface area contributed by atoms with E-state index in [4.69, 9.17) is 4.74 Å². The van der Waals surface area contributed by atoms with Gasteiger partial charge in [0.25, 0.3) is 0 Å². The molecule has 4 nitrogen and oxygen atoms in total. The van der Waals surface area contributed by atoms with Crippen molar-refractivity contribution in [3.05, 3.63) is 71.2 Å². The molecule has 0 amide bonds. The lowest BCUT2D eigenvalue weighted by Gasteiger charge is -2.06. The second-order valence-corrected chi connectivity index (χ2v) is 6.33. The van der Waals surface area contributed by atoms with Crippen LogP contribution in [0.25, 0.3) is 10.6 Å². The largest absolute Gasteiger partial charge is 0.465 e. The van der Waals surface area contributed by atoms with Crippen molar-refractivity contribution >= 4 is 23.0 Å². The average molecular weight is 338 g/mol. The number of hydrogen-bond acceptors (Lipinski definition) is 5. The Kier molecular flexibility index (Phi) is 5.23. The van der Waals surface area contributed by atoms with Gasteiger partial charge >= 0.3 is 5.97 Å². The molecule has 0 aliphatic heterocycles. The minimum absolute atomic E-state index is 0.314. The Bertz CT molecular complexity index is 798. The molecule has 1 aromatic carbocycles. The monoisotopic (exact) mass is 338 g/mol. The van der Waals surface area contributed by atoms with Crippen molar-refractivity contribution in [2.45, 2.75) is 6.42 Å². The van der Waals surface area contributed by atoms with Crippen LogP contribution in [0.1, 0.15) is 15.2 Å². The maximum Gasteiger partial charge on any atom is 0.348 e. The Morgan fingerprint density at radius 2 is 1.96 bits per heavy atom. The van der Waals surface area contributed by atoms with Gasteiger partial charge in [-0.2, -0.15) is 0 Å². The van der Waals surface area contributed by atoms with Crippen molar-refractivity contribution in [1.29, 1.82) is 0 Å². The Morgan fingerprint density at radius 1 is 1.12 bits per heavy atom. The van der Waals surface area contributed by atoms with E-state index in [0.29, 0.717) is 4.88 Å². The van der Waals surface area contributed by atoms with E-state index in [1.54, 1.807) is 6.07 Å². The molecule has 2 aromatic heterocycles. The number of nitrogens with zero attached hydrogens (tertiary/aromatic N) is 1. The Morgan fingerprint density at radius 3 is 2.67 bits per heavy atom. The second kappa shape index (κ2) is 7.75. The molecule has 0 fully saturated rings. The minimum Gasteiger partial charge on any atom is -0.465 e. The van der Waals surface area contributed by atoms with Crippen LogP contribution in [0.2, 0.25) is 0 Å². The van der Waals surface area contributed by atoms with E-state index in [2.05, 4.69) is 34.6 Å². The summed E-state index contributed by atoms with van der Waals surface area (Å²) in [5, 5.41) is 3.37. The van der Waals surface area contributed by atoms with E-state index in [1.165, 1.54) is 24.0 Å². The molecule has 0 bridgehead atoms. The fraction of sp³-hybridized carbons (Fsp3) is 0.158. The number of ether oxygens (including phenoxy) is 1. The Hall–Kier alpha value is -2.66. The molecule has 3 rings (SSSR count). The number of rotatable bonds is 6. The second-order valence-electron chi connectivity index (χ2n) is 5.25. The highest BCUT2D eigenvalue weighted by atomic mass is 32.1. The molecule has 24 heavy (non-hydrogen) atoms. The molecule has 0 atom stereocenters. The van der Waals surface area contributed by atoms with Crippen LogP contribution in [0, 0.1) is 0 Å². The predicted octanol–water partition coefficient (Wildman–Crippen LogP) is 4.25. The van der Waals surface area contributed by atoms with Crippen molar-refractivity contribution < 1.29 is 9.53 Å². The van der Waals surface area contributed by atoms with Crippen LogP contribution in [0.5, 0.6) is 0 Å². The summed E-state index contributed by atoms with van der Waals surface area (Å²) in [6.45, 7) is 0.858. The normalized spacial score (nSPS) is 10.4. The van der Waals surface area contributed by atoms with Gasteiger partial charge in [-0.1, -0.05) is 30.3 Å². The number of benzene rings is 1. The molecule has 2 heterocycles. The van der Waals surface area contributed by atoms with Crippen molar-refractivity contribution in [3.63, 3.8) is 0 Å². The van der Waals surface area contributed by atoms with Gasteiger partial charge in [0.15, 0.2) is 0 Å². The molecule has 0 radical (unpaired) electrons. The van der Waals surface area contributed by atoms with Gasteiger partial charge in [-0.15, -0.1) is 11.3 Å². The van der Waals surface area contributed by atoms with E-state index in [1.807, 2.05) is 30.5 Å². The lowest BCUT2D eigenvalue weighted by molar-refractivity contribution is 0.0606. The van der Waals surface area contributed by atoms with E-state index in [9.17, 15) is 4.79 Å². The van der Waals surface area contributed by atoms with Gasteiger partial charge in [-0.3, -0.25) is 4.98 Å². The summed E-state index contributed by atoms with van der Waals surface area (Å²) in [6.07, 6.45) is 2.79. The SMILES string of the molecule is COC(=O)c1ccc(-c2ccc(NCCc3ccccc3)cn2)s1. The standard InChI is InChI=1S/C19H18N2O2S/c1-23-19(22)18-10-9-17(24-18)16-8-7-15(13-21-16)20-12-11-14-5-3-2-4-6-14/h2-10,13,20H,11-12H2,1H3. The highest BCUT2D eigenvalue weighted by Crippen LogP contribution is 2.27. The molecule has 0 saturated heterocycles. The molecule has 3 aromatic rings. The van der Waals surface area contributed by atoms with Crippen LogP contribution in [0.4, 0.5) is 5.69 Å². The summed E-state index contributed by atoms with van der Waals surface area (Å²) in [6, 6.07) is 18.0. The zero-order chi connectivity index (χ0) is 16.8. The molecule has 122 valence electrons. The zero-order valence-corrected chi connectivity index (χ0v) is 14.2. The van der Waals surface area contributed by atoms with Gasteiger partial charge in [0, 0.05) is 6.54 Å². The number of aromatic nitrogens is 1. The van der Waals surface area contributed by atoms with Crippen LogP contribution < -0.4 is 5.32 Å². The third kappa shape index (κ3) is 4.00. The minimum atomic E-state index is -0.314. The van der Waals surface area contributed by atoms with Crippen LogP contribution in [0.3, 0.4) is 0 Å². The summed E-state index contributed by atoms with van der Waals surface area (Å²) in [7, 11) is 1.38. The zero-order valence-electron chi connectivity index (χ0n) is 13.4. The third-order valence-corrected chi connectivity index (χ3v) is 4.68. The first-order valence-electron chi connectivity index (χ1n) is 7.68. The molecule has 1 N–H and O–H groups in total. The van der Waals surface area contributed by atoms with E-state index in [-0.39, 0.29) is 5.97 Å². The number of carbonyl (C=O) groups excluding carboxylic acids is 1. The quantitative estimate of drug-likeness (QED) is 0.683. The summed E-state index contributed by atoms with van der Waals surface area (Å²) in [5.41, 5.74) is 3.15. The van der Waals surface area contributed by atoms with Crippen molar-refractivity contribution in [2.75, 3.05) is 19.0 Å². The summed E-state index contributed by atoms with van der Waals surface area (Å²) in [4.78, 5) is 17.5. The molecule has 0 spiro atoms. The topological polar surface area (TPSA) is 51.2 Å². The molecule has 5 heteroatoms. The number of esters is 1. The number of carbonyl (C=O) groups is 1.